The minimum atomic E-state index is -0.435. The summed E-state index contributed by atoms with van der Waals surface area (Å²) >= 11 is 0. The van der Waals surface area contributed by atoms with Gasteiger partial charge in [0.15, 0.2) is 0 Å². The average Bonchev–Trinajstić information content (AvgIpc) is 2.46. The second-order valence-corrected chi connectivity index (χ2v) is 5.41. The van der Waals surface area contributed by atoms with Crippen molar-refractivity contribution in [3.63, 3.8) is 0 Å². The molecular weight excluding hydrogens is 236 g/mol. The van der Waals surface area contributed by atoms with Crippen LogP contribution in [0.3, 0.4) is 0 Å². The molecular formula is C17H20O2. The lowest BCUT2D eigenvalue weighted by atomic mass is 9.83. The van der Waals surface area contributed by atoms with E-state index in [1.165, 1.54) is 0 Å². The van der Waals surface area contributed by atoms with Gasteiger partial charge in [-0.1, -0.05) is 44.2 Å². The molecule has 2 nitrogen and oxygen atoms in total. The van der Waals surface area contributed by atoms with Crippen molar-refractivity contribution < 1.29 is 9.84 Å². The maximum Gasteiger partial charge on any atom is 0.126 e. The molecule has 0 fully saturated rings. The van der Waals surface area contributed by atoms with Gasteiger partial charge in [0.2, 0.25) is 0 Å². The summed E-state index contributed by atoms with van der Waals surface area (Å²) in [6.45, 7) is 4.25. The first-order valence-electron chi connectivity index (χ1n) is 7.08. The van der Waals surface area contributed by atoms with E-state index >= 15 is 0 Å². The molecule has 0 aromatic heterocycles. The fourth-order valence-electron chi connectivity index (χ4n) is 3.12. The average molecular weight is 256 g/mol. The van der Waals surface area contributed by atoms with E-state index in [2.05, 4.69) is 32.0 Å². The van der Waals surface area contributed by atoms with Crippen molar-refractivity contribution in [3.8, 4) is 5.75 Å². The Balaban J connectivity index is 2.18. The predicted molar refractivity (Wildman–Crippen MR) is 77.5 cm³/mol. The molecule has 0 aliphatic carbocycles. The lowest BCUT2D eigenvalue weighted by molar-refractivity contribution is -0.0186. The maximum atomic E-state index is 10.6. The van der Waals surface area contributed by atoms with E-state index < -0.39 is 6.10 Å². The van der Waals surface area contributed by atoms with E-state index in [1.807, 2.05) is 18.2 Å². The first-order chi connectivity index (χ1) is 9.19. The number of ether oxygens (including phenoxy) is 1. The zero-order chi connectivity index (χ0) is 13.5. The van der Waals surface area contributed by atoms with Gasteiger partial charge in [-0.2, -0.15) is 0 Å². The van der Waals surface area contributed by atoms with Crippen LogP contribution in [0.1, 0.15) is 44.8 Å². The van der Waals surface area contributed by atoms with E-state index in [1.54, 1.807) is 0 Å². The summed E-state index contributed by atoms with van der Waals surface area (Å²) in [6, 6.07) is 12.2. The Hall–Kier alpha value is -1.54. The largest absolute Gasteiger partial charge is 0.487 e. The molecule has 0 saturated carbocycles. The molecule has 1 aliphatic heterocycles. The Bertz CT molecular complexity index is 599. The summed E-state index contributed by atoms with van der Waals surface area (Å²) in [6.07, 6.45) is 2.09. The normalized spacial score (nSPS) is 20.9. The van der Waals surface area contributed by atoms with Gasteiger partial charge < -0.3 is 9.84 Å². The van der Waals surface area contributed by atoms with Gasteiger partial charge in [-0.25, -0.2) is 0 Å². The van der Waals surface area contributed by atoms with Crippen molar-refractivity contribution in [3.05, 3.63) is 42.0 Å². The maximum absolute atomic E-state index is 10.6. The quantitative estimate of drug-likeness (QED) is 0.872. The Morgan fingerprint density at radius 2 is 1.89 bits per heavy atom. The molecule has 19 heavy (non-hydrogen) atoms. The van der Waals surface area contributed by atoms with Gasteiger partial charge in [0, 0.05) is 12.0 Å². The summed E-state index contributed by atoms with van der Waals surface area (Å²) in [4.78, 5) is 0. The van der Waals surface area contributed by atoms with Crippen molar-refractivity contribution >= 4 is 10.8 Å². The zero-order valence-corrected chi connectivity index (χ0v) is 11.5. The zero-order valence-electron chi connectivity index (χ0n) is 11.5. The van der Waals surface area contributed by atoms with Crippen LogP contribution in [0.2, 0.25) is 0 Å². The summed E-state index contributed by atoms with van der Waals surface area (Å²) < 4.78 is 6.24. The molecule has 2 aromatic carbocycles. The molecule has 1 heterocycles. The second kappa shape index (κ2) is 4.53. The van der Waals surface area contributed by atoms with E-state index in [0.717, 1.165) is 34.9 Å². The lowest BCUT2D eigenvalue weighted by Gasteiger charge is -2.40. The van der Waals surface area contributed by atoms with Gasteiger partial charge in [0.05, 0.1) is 6.10 Å². The highest BCUT2D eigenvalue weighted by molar-refractivity contribution is 5.88. The van der Waals surface area contributed by atoms with Crippen LogP contribution in [0.4, 0.5) is 0 Å². The highest BCUT2D eigenvalue weighted by Crippen LogP contribution is 2.45. The summed E-state index contributed by atoms with van der Waals surface area (Å²) in [5, 5.41) is 12.8. The molecule has 2 heteroatoms. The van der Waals surface area contributed by atoms with Crippen LogP contribution in [-0.4, -0.2) is 10.7 Å². The molecule has 0 spiro atoms. The predicted octanol–water partition coefficient (Wildman–Crippen LogP) is 4.21. The van der Waals surface area contributed by atoms with Crippen LogP contribution in [0, 0.1) is 0 Å². The van der Waals surface area contributed by atoms with Crippen LogP contribution >= 0.6 is 0 Å². The van der Waals surface area contributed by atoms with Gasteiger partial charge in [-0.15, -0.1) is 0 Å². The Kier molecular flexibility index (Phi) is 2.98. The van der Waals surface area contributed by atoms with Crippen molar-refractivity contribution in [1.29, 1.82) is 0 Å². The molecule has 1 N–H and O–H groups in total. The third-order valence-corrected chi connectivity index (χ3v) is 4.44. The van der Waals surface area contributed by atoms with Crippen molar-refractivity contribution in [2.75, 3.05) is 0 Å². The van der Waals surface area contributed by atoms with Crippen LogP contribution in [0.5, 0.6) is 5.75 Å². The molecule has 1 aliphatic rings. The topological polar surface area (TPSA) is 29.5 Å². The summed E-state index contributed by atoms with van der Waals surface area (Å²) in [5.41, 5.74) is 0.741. The monoisotopic (exact) mass is 256 g/mol. The highest BCUT2D eigenvalue weighted by Gasteiger charge is 2.38. The van der Waals surface area contributed by atoms with Gasteiger partial charge in [-0.05, 0) is 29.7 Å². The molecule has 0 radical (unpaired) electrons. The first-order valence-corrected chi connectivity index (χ1v) is 7.08. The number of benzene rings is 2. The van der Waals surface area contributed by atoms with Crippen LogP contribution < -0.4 is 4.74 Å². The SMILES string of the molecule is CCC1(CC)CC(O)c2c(ccc3ccccc23)O1. The third kappa shape index (κ3) is 1.91. The Morgan fingerprint density at radius 3 is 2.63 bits per heavy atom. The lowest BCUT2D eigenvalue weighted by Crippen LogP contribution is -2.40. The highest BCUT2D eigenvalue weighted by atomic mass is 16.5. The van der Waals surface area contributed by atoms with Crippen molar-refractivity contribution in [1.82, 2.24) is 0 Å². The Labute approximate surface area is 114 Å². The fourth-order valence-corrected chi connectivity index (χ4v) is 3.12. The minimum Gasteiger partial charge on any atom is -0.487 e. The number of hydrogen-bond donors (Lipinski definition) is 1. The molecule has 1 atom stereocenters. The van der Waals surface area contributed by atoms with Gasteiger partial charge >= 0.3 is 0 Å². The molecule has 0 bridgehead atoms. The van der Waals surface area contributed by atoms with Crippen LogP contribution in [-0.2, 0) is 0 Å². The van der Waals surface area contributed by atoms with Crippen LogP contribution in [0.15, 0.2) is 36.4 Å². The minimum absolute atomic E-state index is 0.213. The molecule has 1 unspecified atom stereocenters. The fraction of sp³-hybridized carbons (Fsp3) is 0.412. The number of aliphatic hydroxyl groups excluding tert-OH is 1. The van der Waals surface area contributed by atoms with Gasteiger partial charge in [0.1, 0.15) is 11.4 Å². The van der Waals surface area contributed by atoms with E-state index in [-0.39, 0.29) is 5.60 Å². The van der Waals surface area contributed by atoms with Crippen molar-refractivity contribution in [2.45, 2.75) is 44.8 Å². The molecule has 0 amide bonds. The summed E-state index contributed by atoms with van der Waals surface area (Å²) in [7, 11) is 0. The van der Waals surface area contributed by atoms with E-state index in [9.17, 15) is 5.11 Å². The van der Waals surface area contributed by atoms with Gasteiger partial charge in [0.25, 0.3) is 0 Å². The number of fused-ring (bicyclic) bond motifs is 3. The molecule has 2 aromatic rings. The number of hydrogen-bond acceptors (Lipinski definition) is 2. The van der Waals surface area contributed by atoms with Crippen LogP contribution in [0.25, 0.3) is 10.8 Å². The van der Waals surface area contributed by atoms with Gasteiger partial charge in [-0.3, -0.25) is 0 Å². The molecule has 3 rings (SSSR count). The molecule has 100 valence electrons. The van der Waals surface area contributed by atoms with E-state index in [4.69, 9.17) is 4.74 Å². The standard InChI is InChI=1S/C17H20O2/c1-3-17(4-2)11-14(18)16-13-8-6-5-7-12(13)9-10-15(16)19-17/h5-10,14,18H,3-4,11H2,1-2H3. The number of aliphatic hydroxyl groups is 1. The molecule has 0 saturated heterocycles. The third-order valence-electron chi connectivity index (χ3n) is 4.44. The van der Waals surface area contributed by atoms with Crippen molar-refractivity contribution in [2.24, 2.45) is 0 Å². The second-order valence-electron chi connectivity index (χ2n) is 5.41. The first kappa shape index (κ1) is 12.5. The summed E-state index contributed by atoms with van der Waals surface area (Å²) in [5.74, 6) is 0.848. The Morgan fingerprint density at radius 1 is 1.16 bits per heavy atom. The number of rotatable bonds is 2. The smallest absolute Gasteiger partial charge is 0.126 e. The van der Waals surface area contributed by atoms with E-state index in [0.29, 0.717) is 6.42 Å².